The molecule has 0 fully saturated rings. The number of benzene rings is 2. The van der Waals surface area contributed by atoms with Crippen molar-refractivity contribution >= 4 is 29.2 Å². The maximum atomic E-state index is 13.0. The molecule has 0 saturated carbocycles. The monoisotopic (exact) mass is 380 g/mol. The summed E-state index contributed by atoms with van der Waals surface area (Å²) in [5.41, 5.74) is -5.67. The van der Waals surface area contributed by atoms with Gasteiger partial charge in [0.25, 0.3) is 0 Å². The molecule has 0 unspecified atom stereocenters. The highest BCUT2D eigenvalue weighted by Crippen LogP contribution is 2.45. The lowest BCUT2D eigenvalue weighted by molar-refractivity contribution is -0.392. The first-order chi connectivity index (χ1) is 12.6. The lowest BCUT2D eigenvalue weighted by Crippen LogP contribution is -2.19. The van der Waals surface area contributed by atoms with Crippen LogP contribution in [0.4, 0.5) is 35.9 Å². The summed E-state index contributed by atoms with van der Waals surface area (Å²) in [7, 11) is 0. The highest BCUT2D eigenvalue weighted by Gasteiger charge is 2.39. The number of nitriles is 1. The SMILES string of the molecule is N#Cc1ccccc1N(C=O)c1c([N+](=O)[O-])cc(C(F)(F)F)cc1[N+](=O)[O-]. The molecular weight excluding hydrogens is 373 g/mol. The maximum absolute atomic E-state index is 13.0. The number of carbonyl (C=O) groups excluding carboxylic acids is 1. The Morgan fingerprint density at radius 1 is 1.07 bits per heavy atom. The molecule has 0 aromatic heterocycles. The van der Waals surface area contributed by atoms with Gasteiger partial charge in [-0.25, -0.2) is 0 Å². The first kappa shape index (κ1) is 19.3. The van der Waals surface area contributed by atoms with Gasteiger partial charge in [0.05, 0.1) is 26.7 Å². The van der Waals surface area contributed by atoms with Crippen LogP contribution in [0.5, 0.6) is 0 Å². The van der Waals surface area contributed by atoms with Gasteiger partial charge in [0.2, 0.25) is 12.1 Å². The molecule has 0 spiro atoms. The first-order valence-electron chi connectivity index (χ1n) is 6.89. The van der Waals surface area contributed by atoms with Gasteiger partial charge in [-0.2, -0.15) is 18.4 Å². The summed E-state index contributed by atoms with van der Waals surface area (Å²) in [5.74, 6) is 0. The number of rotatable bonds is 5. The largest absolute Gasteiger partial charge is 0.416 e. The smallest absolute Gasteiger partial charge is 0.278 e. The Kier molecular flexibility index (Phi) is 5.07. The predicted octanol–water partition coefficient (Wildman–Crippen LogP) is 3.69. The molecule has 138 valence electrons. The summed E-state index contributed by atoms with van der Waals surface area (Å²) in [6, 6.07) is 7.01. The highest BCUT2D eigenvalue weighted by atomic mass is 19.4. The van der Waals surface area contributed by atoms with Gasteiger partial charge in [-0.15, -0.1) is 0 Å². The number of anilines is 2. The van der Waals surface area contributed by atoms with Gasteiger partial charge in [0.1, 0.15) is 6.07 Å². The third-order valence-electron chi connectivity index (χ3n) is 3.42. The van der Waals surface area contributed by atoms with Gasteiger partial charge in [-0.05, 0) is 12.1 Å². The topological polar surface area (TPSA) is 130 Å². The fraction of sp³-hybridized carbons (Fsp3) is 0.0667. The summed E-state index contributed by atoms with van der Waals surface area (Å²) < 4.78 is 38.9. The van der Waals surface area contributed by atoms with Crippen LogP contribution < -0.4 is 4.90 Å². The van der Waals surface area contributed by atoms with E-state index in [1.165, 1.54) is 18.2 Å². The number of nitro benzene ring substituents is 2. The Morgan fingerprint density at radius 3 is 2.00 bits per heavy atom. The lowest BCUT2D eigenvalue weighted by Gasteiger charge is -2.19. The van der Waals surface area contributed by atoms with Crippen LogP contribution in [0.25, 0.3) is 0 Å². The predicted molar refractivity (Wildman–Crippen MR) is 84.1 cm³/mol. The molecule has 0 bridgehead atoms. The molecular formula is C15H7F3N4O5. The molecule has 0 aliphatic carbocycles. The van der Waals surface area contributed by atoms with Crippen molar-refractivity contribution in [3.8, 4) is 6.07 Å². The lowest BCUT2D eigenvalue weighted by atomic mass is 10.1. The van der Waals surface area contributed by atoms with E-state index in [4.69, 9.17) is 5.26 Å². The fourth-order valence-corrected chi connectivity index (χ4v) is 2.30. The molecule has 2 rings (SSSR count). The number of para-hydroxylation sites is 1. The molecule has 9 nitrogen and oxygen atoms in total. The van der Waals surface area contributed by atoms with Gasteiger partial charge < -0.3 is 0 Å². The van der Waals surface area contributed by atoms with Gasteiger partial charge in [0.15, 0.2) is 0 Å². The fourth-order valence-electron chi connectivity index (χ4n) is 2.30. The van der Waals surface area contributed by atoms with E-state index >= 15 is 0 Å². The number of nitro groups is 2. The third kappa shape index (κ3) is 3.66. The van der Waals surface area contributed by atoms with Crippen molar-refractivity contribution < 1.29 is 27.8 Å². The van der Waals surface area contributed by atoms with E-state index in [2.05, 4.69) is 0 Å². The quantitative estimate of drug-likeness (QED) is 0.442. The number of nitrogens with zero attached hydrogens (tertiary/aromatic N) is 4. The number of hydrogen-bond donors (Lipinski definition) is 0. The van der Waals surface area contributed by atoms with Crippen LogP contribution in [0.15, 0.2) is 36.4 Å². The second kappa shape index (κ2) is 7.08. The second-order valence-corrected chi connectivity index (χ2v) is 4.98. The zero-order valence-electron chi connectivity index (χ0n) is 13.0. The van der Waals surface area contributed by atoms with E-state index < -0.39 is 38.6 Å². The molecule has 0 N–H and O–H groups in total. The van der Waals surface area contributed by atoms with Gasteiger partial charge >= 0.3 is 17.6 Å². The maximum Gasteiger partial charge on any atom is 0.416 e. The number of amides is 1. The van der Waals surface area contributed by atoms with Crippen molar-refractivity contribution in [2.75, 3.05) is 4.90 Å². The van der Waals surface area contributed by atoms with Crippen molar-refractivity contribution in [3.63, 3.8) is 0 Å². The van der Waals surface area contributed by atoms with E-state index in [1.54, 1.807) is 6.07 Å². The molecule has 2 aromatic rings. The van der Waals surface area contributed by atoms with Crippen molar-refractivity contribution in [1.82, 2.24) is 0 Å². The number of halogens is 3. The van der Waals surface area contributed by atoms with Crippen LogP contribution in [-0.2, 0) is 11.0 Å². The molecule has 27 heavy (non-hydrogen) atoms. The minimum Gasteiger partial charge on any atom is -0.278 e. The first-order valence-corrected chi connectivity index (χ1v) is 6.89. The van der Waals surface area contributed by atoms with Gasteiger partial charge in [-0.3, -0.25) is 29.9 Å². The van der Waals surface area contributed by atoms with Gasteiger partial charge in [0, 0.05) is 12.1 Å². The minimum absolute atomic E-state index is 0.0568. The number of alkyl halides is 3. The van der Waals surface area contributed by atoms with Crippen LogP contribution in [0, 0.1) is 31.6 Å². The van der Waals surface area contributed by atoms with Gasteiger partial charge in [-0.1, -0.05) is 12.1 Å². The van der Waals surface area contributed by atoms with Crippen molar-refractivity contribution in [1.29, 1.82) is 5.26 Å². The van der Waals surface area contributed by atoms with E-state index in [0.29, 0.717) is 4.90 Å². The molecule has 0 saturated heterocycles. The van der Waals surface area contributed by atoms with E-state index in [1.807, 2.05) is 0 Å². The van der Waals surface area contributed by atoms with E-state index in [-0.39, 0.29) is 29.8 Å². The second-order valence-electron chi connectivity index (χ2n) is 4.98. The van der Waals surface area contributed by atoms with Crippen LogP contribution in [0.3, 0.4) is 0 Å². The molecule has 12 heteroatoms. The third-order valence-corrected chi connectivity index (χ3v) is 3.42. The number of carbonyl (C=O) groups is 1. The Hall–Kier alpha value is -4.01. The summed E-state index contributed by atoms with van der Waals surface area (Å²) in [5, 5.41) is 31.7. The Bertz CT molecular complexity index is 949. The Balaban J connectivity index is 2.92. The Labute approximate surface area is 148 Å². The van der Waals surface area contributed by atoms with E-state index in [9.17, 15) is 38.2 Å². The molecule has 0 radical (unpaired) electrons. The molecule has 0 aliphatic heterocycles. The van der Waals surface area contributed by atoms with Crippen molar-refractivity contribution in [2.24, 2.45) is 0 Å². The van der Waals surface area contributed by atoms with Crippen LogP contribution in [0.1, 0.15) is 11.1 Å². The summed E-state index contributed by atoms with van der Waals surface area (Å²) in [6.45, 7) is 0. The molecule has 0 aliphatic rings. The molecule has 0 atom stereocenters. The van der Waals surface area contributed by atoms with E-state index in [0.717, 1.165) is 6.07 Å². The number of hydrogen-bond acceptors (Lipinski definition) is 6. The zero-order chi connectivity index (χ0) is 20.4. The molecule has 2 aromatic carbocycles. The van der Waals surface area contributed by atoms with Crippen LogP contribution >= 0.6 is 0 Å². The van der Waals surface area contributed by atoms with Crippen molar-refractivity contribution in [3.05, 3.63) is 67.8 Å². The molecule has 0 heterocycles. The van der Waals surface area contributed by atoms with Crippen LogP contribution in [-0.4, -0.2) is 16.3 Å². The standard InChI is InChI=1S/C15H7F3N4O5/c16-15(17,18)10-5-12(21(24)25)14(13(6-10)22(26)27)20(8-23)11-4-2-1-3-9(11)7-19/h1-6,8H. The van der Waals surface area contributed by atoms with Crippen LogP contribution in [0.2, 0.25) is 0 Å². The average Bonchev–Trinajstić information content (AvgIpc) is 2.61. The van der Waals surface area contributed by atoms with Crippen molar-refractivity contribution in [2.45, 2.75) is 6.18 Å². The minimum atomic E-state index is -5.09. The summed E-state index contributed by atoms with van der Waals surface area (Å²) in [4.78, 5) is 32.0. The normalized spacial score (nSPS) is 10.7. The summed E-state index contributed by atoms with van der Waals surface area (Å²) >= 11 is 0. The highest BCUT2D eigenvalue weighted by molar-refractivity contribution is 5.96. The molecule has 1 amide bonds. The zero-order valence-corrected chi connectivity index (χ0v) is 13.0. The average molecular weight is 380 g/mol. The summed E-state index contributed by atoms with van der Waals surface area (Å²) in [6.07, 6.45) is -5.15. The Morgan fingerprint density at radius 2 is 1.59 bits per heavy atom.